The maximum Gasteiger partial charge on any atom is 0.270 e. The summed E-state index contributed by atoms with van der Waals surface area (Å²) in [4.78, 5) is 26.9. The number of nitrogens with zero attached hydrogens (tertiary/aromatic N) is 5. The van der Waals surface area contributed by atoms with Crippen LogP contribution in [0.4, 0.5) is 11.5 Å². The number of halogens is 1. The van der Waals surface area contributed by atoms with Crippen molar-refractivity contribution < 1.29 is 9.72 Å². The Hall–Kier alpha value is -3.52. The third-order valence-electron chi connectivity index (χ3n) is 5.74. The minimum absolute atomic E-state index is 0.0828. The zero-order valence-electron chi connectivity index (χ0n) is 17.8. The lowest BCUT2D eigenvalue weighted by molar-refractivity contribution is -0.384. The van der Waals surface area contributed by atoms with Gasteiger partial charge in [-0.1, -0.05) is 23.7 Å². The first-order valence-electron chi connectivity index (χ1n) is 10.2. The maximum absolute atomic E-state index is 12.8. The van der Waals surface area contributed by atoms with Crippen LogP contribution in [-0.2, 0) is 0 Å². The lowest BCUT2D eigenvalue weighted by Gasteiger charge is -2.35. The van der Waals surface area contributed by atoms with Gasteiger partial charge in [-0.3, -0.25) is 14.9 Å². The number of non-ortho nitro benzene ring substituents is 1. The Morgan fingerprint density at radius 2 is 1.72 bits per heavy atom. The molecule has 0 bridgehead atoms. The van der Waals surface area contributed by atoms with Crippen LogP contribution >= 0.6 is 11.6 Å². The first kappa shape index (κ1) is 21.7. The number of piperazine rings is 1. The van der Waals surface area contributed by atoms with Gasteiger partial charge in [-0.2, -0.15) is 0 Å². The number of rotatable bonds is 4. The Morgan fingerprint density at radius 1 is 0.969 bits per heavy atom. The molecule has 164 valence electrons. The minimum Gasteiger partial charge on any atom is -0.352 e. The van der Waals surface area contributed by atoms with Crippen molar-refractivity contribution in [1.29, 1.82) is 0 Å². The Bertz CT molecular complexity index is 1170. The molecule has 2 aromatic carbocycles. The zero-order chi connectivity index (χ0) is 22.8. The number of carbonyl (C=O) groups is 1. The number of amides is 1. The summed E-state index contributed by atoms with van der Waals surface area (Å²) in [7, 11) is 0. The largest absolute Gasteiger partial charge is 0.352 e. The van der Waals surface area contributed by atoms with Crippen LogP contribution in [0.5, 0.6) is 0 Å². The van der Waals surface area contributed by atoms with Gasteiger partial charge >= 0.3 is 0 Å². The van der Waals surface area contributed by atoms with Crippen LogP contribution in [0.3, 0.4) is 0 Å². The quantitative estimate of drug-likeness (QED) is 0.434. The molecule has 32 heavy (non-hydrogen) atoms. The minimum atomic E-state index is -0.536. The number of hydrogen-bond acceptors (Lipinski definition) is 6. The van der Waals surface area contributed by atoms with Crippen molar-refractivity contribution in [3.8, 4) is 11.3 Å². The van der Waals surface area contributed by atoms with Crippen LogP contribution in [0.25, 0.3) is 11.3 Å². The molecular formula is C23H22ClN5O3. The van der Waals surface area contributed by atoms with Gasteiger partial charge in [0.15, 0.2) is 5.82 Å². The molecule has 0 atom stereocenters. The van der Waals surface area contributed by atoms with Crippen molar-refractivity contribution in [2.75, 3.05) is 31.1 Å². The molecule has 2 heterocycles. The lowest BCUT2D eigenvalue weighted by Crippen LogP contribution is -2.49. The molecule has 1 aliphatic rings. The van der Waals surface area contributed by atoms with E-state index in [1.807, 2.05) is 18.2 Å². The van der Waals surface area contributed by atoms with Crippen molar-refractivity contribution in [2.45, 2.75) is 13.8 Å². The van der Waals surface area contributed by atoms with Crippen molar-refractivity contribution in [3.63, 3.8) is 0 Å². The molecule has 1 amide bonds. The van der Waals surface area contributed by atoms with Crippen molar-refractivity contribution >= 4 is 29.0 Å². The molecule has 0 N–H and O–H groups in total. The Balaban J connectivity index is 1.41. The fourth-order valence-corrected chi connectivity index (χ4v) is 3.90. The predicted molar refractivity (Wildman–Crippen MR) is 123 cm³/mol. The Morgan fingerprint density at radius 3 is 2.31 bits per heavy atom. The third-order valence-corrected chi connectivity index (χ3v) is 6.05. The summed E-state index contributed by atoms with van der Waals surface area (Å²) in [5, 5.41) is 19.7. The second-order valence-electron chi connectivity index (χ2n) is 7.78. The van der Waals surface area contributed by atoms with E-state index in [0.29, 0.717) is 26.2 Å². The standard InChI is InChI=1S/C23H22ClN5O3/c1-15-3-4-17(13-16(15)2)21-7-8-22(26-25-21)27-9-11-28(12-10-27)23(30)19-6-5-18(29(31)32)14-20(19)24/h3-8,13-14H,9-12H2,1-2H3. The van der Waals surface area contributed by atoms with Gasteiger partial charge in [0.2, 0.25) is 0 Å². The van der Waals surface area contributed by atoms with E-state index >= 15 is 0 Å². The summed E-state index contributed by atoms with van der Waals surface area (Å²) in [6.45, 7) is 6.35. The molecule has 4 rings (SSSR count). The van der Waals surface area contributed by atoms with Gasteiger partial charge in [0.25, 0.3) is 11.6 Å². The summed E-state index contributed by atoms with van der Waals surface area (Å²) in [6.07, 6.45) is 0. The predicted octanol–water partition coefficient (Wildman–Crippen LogP) is 4.28. The molecule has 0 spiro atoms. The molecule has 8 nitrogen and oxygen atoms in total. The highest BCUT2D eigenvalue weighted by atomic mass is 35.5. The fraction of sp³-hybridized carbons (Fsp3) is 0.261. The average Bonchev–Trinajstić information content (AvgIpc) is 2.80. The molecule has 3 aromatic rings. The fourth-order valence-electron chi connectivity index (χ4n) is 3.65. The first-order valence-corrected chi connectivity index (χ1v) is 10.6. The summed E-state index contributed by atoms with van der Waals surface area (Å²) in [5.74, 6) is 0.527. The van der Waals surface area contributed by atoms with Gasteiger partial charge in [-0.15, -0.1) is 10.2 Å². The highest BCUT2D eigenvalue weighted by molar-refractivity contribution is 6.34. The monoisotopic (exact) mass is 451 g/mol. The van der Waals surface area contributed by atoms with Crippen molar-refractivity contribution in [1.82, 2.24) is 15.1 Å². The van der Waals surface area contributed by atoms with Gasteiger partial charge in [0.1, 0.15) is 0 Å². The second kappa shape index (κ2) is 8.92. The first-order chi connectivity index (χ1) is 15.3. The number of nitro benzene ring substituents is 1. The summed E-state index contributed by atoms with van der Waals surface area (Å²) >= 11 is 6.12. The Kier molecular flexibility index (Phi) is 6.05. The van der Waals surface area contributed by atoms with Crippen LogP contribution in [0.1, 0.15) is 21.5 Å². The SMILES string of the molecule is Cc1ccc(-c2ccc(N3CCN(C(=O)c4ccc([N+](=O)[O-])cc4Cl)CC3)nn2)cc1C. The number of aryl methyl sites for hydroxylation is 2. The van der Waals surface area contributed by atoms with Gasteiger partial charge in [-0.25, -0.2) is 0 Å². The molecule has 9 heteroatoms. The smallest absolute Gasteiger partial charge is 0.270 e. The van der Waals surface area contributed by atoms with E-state index in [-0.39, 0.29) is 22.2 Å². The van der Waals surface area contributed by atoms with Gasteiger partial charge < -0.3 is 9.80 Å². The number of hydrogen-bond donors (Lipinski definition) is 0. The van der Waals surface area contributed by atoms with Crippen LogP contribution in [0.15, 0.2) is 48.5 Å². The van der Waals surface area contributed by atoms with E-state index in [9.17, 15) is 14.9 Å². The molecule has 1 saturated heterocycles. The highest BCUT2D eigenvalue weighted by Gasteiger charge is 2.25. The van der Waals surface area contributed by atoms with Crippen LogP contribution in [0, 0.1) is 24.0 Å². The third kappa shape index (κ3) is 4.40. The number of benzene rings is 2. The van der Waals surface area contributed by atoms with E-state index in [1.54, 1.807) is 4.90 Å². The van der Waals surface area contributed by atoms with Gasteiger partial charge in [-0.05, 0) is 49.2 Å². The molecule has 1 fully saturated rings. The number of carbonyl (C=O) groups excluding carboxylic acids is 1. The van der Waals surface area contributed by atoms with E-state index in [0.717, 1.165) is 17.1 Å². The molecular weight excluding hydrogens is 430 g/mol. The molecule has 0 saturated carbocycles. The molecule has 0 unspecified atom stereocenters. The van der Waals surface area contributed by atoms with E-state index in [2.05, 4.69) is 41.1 Å². The summed E-state index contributed by atoms with van der Waals surface area (Å²) in [6, 6.07) is 14.0. The molecule has 1 aliphatic heterocycles. The maximum atomic E-state index is 12.8. The highest BCUT2D eigenvalue weighted by Crippen LogP contribution is 2.25. The normalized spacial score (nSPS) is 13.8. The second-order valence-corrected chi connectivity index (χ2v) is 8.18. The van der Waals surface area contributed by atoms with Crippen LogP contribution in [-0.4, -0.2) is 52.1 Å². The van der Waals surface area contributed by atoms with E-state index < -0.39 is 4.92 Å². The van der Waals surface area contributed by atoms with E-state index in [4.69, 9.17) is 11.6 Å². The number of anilines is 1. The van der Waals surface area contributed by atoms with Crippen molar-refractivity contribution in [2.24, 2.45) is 0 Å². The Labute approximate surface area is 190 Å². The van der Waals surface area contributed by atoms with Gasteiger partial charge in [0, 0.05) is 43.9 Å². The number of nitro groups is 1. The molecule has 0 radical (unpaired) electrons. The van der Waals surface area contributed by atoms with Crippen molar-refractivity contribution in [3.05, 3.63) is 80.4 Å². The zero-order valence-corrected chi connectivity index (χ0v) is 18.5. The lowest BCUT2D eigenvalue weighted by atomic mass is 10.0. The molecule has 1 aromatic heterocycles. The average molecular weight is 452 g/mol. The van der Waals surface area contributed by atoms with E-state index in [1.165, 1.54) is 29.3 Å². The molecule has 0 aliphatic carbocycles. The topological polar surface area (TPSA) is 92.5 Å². The van der Waals surface area contributed by atoms with Crippen LogP contribution < -0.4 is 4.90 Å². The van der Waals surface area contributed by atoms with Crippen LogP contribution in [0.2, 0.25) is 5.02 Å². The summed E-state index contributed by atoms with van der Waals surface area (Å²) < 4.78 is 0. The van der Waals surface area contributed by atoms with Gasteiger partial charge in [0.05, 0.1) is 21.2 Å². The number of aromatic nitrogens is 2. The summed E-state index contributed by atoms with van der Waals surface area (Å²) in [5.41, 5.74) is 4.42.